The van der Waals surface area contributed by atoms with Gasteiger partial charge in [0, 0.05) is 46.3 Å². The zero-order chi connectivity index (χ0) is 30.4. The summed E-state index contributed by atoms with van der Waals surface area (Å²) in [6.45, 7) is 1.87. The fourth-order valence-corrected chi connectivity index (χ4v) is 5.93. The highest BCUT2D eigenvalue weighted by Gasteiger charge is 2.41. The number of amides is 2. The molecule has 2 aromatic heterocycles. The normalized spacial score (nSPS) is 19.4. The largest absolute Gasteiger partial charge is 0.453 e. The van der Waals surface area contributed by atoms with Crippen LogP contribution in [0.1, 0.15) is 54.4 Å². The van der Waals surface area contributed by atoms with E-state index in [0.717, 1.165) is 24.2 Å². The second-order valence-electron chi connectivity index (χ2n) is 10.9. The maximum Gasteiger partial charge on any atom is 0.411 e. The van der Waals surface area contributed by atoms with E-state index in [9.17, 15) is 22.8 Å². The lowest BCUT2D eigenvalue weighted by Gasteiger charge is -2.17. The SMILES string of the molecule is COC(=O)Nc1ccc2c(c1)NC(=O)CC1CC1CC(c1ccc(-c3c(C(F)F)ccc(Cl)c3F)cn1)c1nc-2c(C)[nH]1. The lowest BCUT2D eigenvalue weighted by molar-refractivity contribution is -0.116. The molecule has 1 aliphatic carbocycles. The van der Waals surface area contributed by atoms with E-state index in [4.69, 9.17) is 16.6 Å². The van der Waals surface area contributed by atoms with Crippen molar-refractivity contribution in [3.63, 3.8) is 0 Å². The van der Waals surface area contributed by atoms with E-state index < -0.39 is 23.9 Å². The van der Waals surface area contributed by atoms with Crippen LogP contribution in [0.25, 0.3) is 22.4 Å². The molecular weight excluding hydrogens is 583 g/mol. The summed E-state index contributed by atoms with van der Waals surface area (Å²) < 4.78 is 47.0. The zero-order valence-corrected chi connectivity index (χ0v) is 23.9. The van der Waals surface area contributed by atoms with E-state index in [1.807, 2.05) is 6.92 Å². The molecule has 2 aromatic carbocycles. The maximum atomic E-state index is 14.9. The molecule has 1 fully saturated rings. The summed E-state index contributed by atoms with van der Waals surface area (Å²) >= 11 is 5.92. The van der Waals surface area contributed by atoms with Gasteiger partial charge >= 0.3 is 6.09 Å². The number of rotatable bonds is 4. The van der Waals surface area contributed by atoms with Gasteiger partial charge in [-0.25, -0.2) is 22.9 Å². The molecule has 222 valence electrons. The Balaban J connectivity index is 1.40. The molecule has 2 bridgehead atoms. The summed E-state index contributed by atoms with van der Waals surface area (Å²) in [6, 6.07) is 10.6. The van der Waals surface area contributed by atoms with Crippen molar-refractivity contribution < 1.29 is 27.5 Å². The Morgan fingerprint density at radius 2 is 1.95 bits per heavy atom. The van der Waals surface area contributed by atoms with Crippen LogP contribution >= 0.6 is 11.6 Å². The number of nitrogens with zero attached hydrogens (tertiary/aromatic N) is 2. The van der Waals surface area contributed by atoms with Crippen molar-refractivity contribution >= 4 is 35.0 Å². The summed E-state index contributed by atoms with van der Waals surface area (Å²) in [5.74, 6) is -0.278. The first-order valence-corrected chi connectivity index (χ1v) is 14.1. The number of carbonyl (C=O) groups excluding carboxylic acids is 2. The van der Waals surface area contributed by atoms with Crippen molar-refractivity contribution in [2.45, 2.75) is 38.5 Å². The van der Waals surface area contributed by atoms with E-state index in [1.165, 1.54) is 13.3 Å². The highest BCUT2D eigenvalue weighted by atomic mass is 35.5. The van der Waals surface area contributed by atoms with Crippen LogP contribution in [-0.4, -0.2) is 34.1 Å². The van der Waals surface area contributed by atoms with E-state index >= 15 is 0 Å². The molecule has 0 saturated heterocycles. The van der Waals surface area contributed by atoms with Crippen molar-refractivity contribution in [2.75, 3.05) is 17.7 Å². The van der Waals surface area contributed by atoms with E-state index in [1.54, 1.807) is 30.3 Å². The van der Waals surface area contributed by atoms with Crippen LogP contribution in [0.15, 0.2) is 48.7 Å². The number of fused-ring (bicyclic) bond motifs is 5. The Morgan fingerprint density at radius 1 is 1.14 bits per heavy atom. The summed E-state index contributed by atoms with van der Waals surface area (Å²) in [7, 11) is 1.26. The Bertz CT molecular complexity index is 1730. The predicted octanol–water partition coefficient (Wildman–Crippen LogP) is 7.86. The van der Waals surface area contributed by atoms with E-state index in [0.29, 0.717) is 47.0 Å². The number of aryl methyl sites for hydroxylation is 1. The highest BCUT2D eigenvalue weighted by molar-refractivity contribution is 6.31. The van der Waals surface area contributed by atoms with Gasteiger partial charge in [0.25, 0.3) is 6.43 Å². The van der Waals surface area contributed by atoms with Gasteiger partial charge in [-0.1, -0.05) is 23.7 Å². The van der Waals surface area contributed by atoms with Gasteiger partial charge in [0.15, 0.2) is 0 Å². The molecule has 3 unspecified atom stereocenters. The number of pyridine rings is 1. The second kappa shape index (κ2) is 11.4. The second-order valence-corrected chi connectivity index (χ2v) is 11.3. The van der Waals surface area contributed by atoms with Gasteiger partial charge in [-0.15, -0.1) is 0 Å². The van der Waals surface area contributed by atoms with Crippen LogP contribution in [-0.2, 0) is 9.53 Å². The minimum Gasteiger partial charge on any atom is -0.453 e. The molecule has 43 heavy (non-hydrogen) atoms. The number of ether oxygens (including phenoxy) is 1. The molecule has 0 radical (unpaired) electrons. The number of aromatic nitrogens is 3. The van der Waals surface area contributed by atoms with Gasteiger partial charge in [0.1, 0.15) is 11.6 Å². The predicted molar refractivity (Wildman–Crippen MR) is 156 cm³/mol. The van der Waals surface area contributed by atoms with Gasteiger partial charge < -0.3 is 15.0 Å². The molecule has 3 N–H and O–H groups in total. The minimum absolute atomic E-state index is 0.143. The Hall–Kier alpha value is -4.38. The minimum atomic E-state index is -2.89. The third-order valence-electron chi connectivity index (χ3n) is 8.06. The smallest absolute Gasteiger partial charge is 0.411 e. The first-order chi connectivity index (χ1) is 20.6. The third-order valence-corrected chi connectivity index (χ3v) is 8.35. The number of hydrogen-bond acceptors (Lipinski definition) is 5. The zero-order valence-electron chi connectivity index (χ0n) is 23.2. The molecule has 0 spiro atoms. The van der Waals surface area contributed by atoms with Crippen molar-refractivity contribution in [1.29, 1.82) is 0 Å². The summed E-state index contributed by atoms with van der Waals surface area (Å²) in [6.07, 6.45) is -0.290. The molecule has 12 heteroatoms. The lowest BCUT2D eigenvalue weighted by atomic mass is 9.94. The molecule has 6 rings (SSSR count). The topological polar surface area (TPSA) is 109 Å². The molecule has 1 aliphatic heterocycles. The number of alkyl halides is 2. The Morgan fingerprint density at radius 3 is 2.67 bits per heavy atom. The Kier molecular flexibility index (Phi) is 7.59. The number of methoxy groups -OCH3 is 1. The van der Waals surface area contributed by atoms with Crippen molar-refractivity contribution in [3.8, 4) is 22.4 Å². The van der Waals surface area contributed by atoms with Crippen LogP contribution in [0.2, 0.25) is 5.02 Å². The average Bonchev–Trinajstić information content (AvgIpc) is 3.59. The van der Waals surface area contributed by atoms with Crippen LogP contribution in [0.4, 0.5) is 29.3 Å². The highest BCUT2D eigenvalue weighted by Crippen LogP contribution is 2.49. The van der Waals surface area contributed by atoms with Gasteiger partial charge in [0.05, 0.1) is 35.1 Å². The summed E-state index contributed by atoms with van der Waals surface area (Å²) in [4.78, 5) is 37.7. The van der Waals surface area contributed by atoms with Crippen molar-refractivity contribution in [3.05, 3.63) is 82.3 Å². The fraction of sp³-hybridized carbons (Fsp3) is 0.290. The number of carbonyl (C=O) groups is 2. The number of imidazole rings is 1. The maximum absolute atomic E-state index is 14.9. The molecular formula is C31H27ClF3N5O3. The van der Waals surface area contributed by atoms with Crippen LogP contribution in [0, 0.1) is 24.6 Å². The van der Waals surface area contributed by atoms with Gasteiger partial charge in [0.2, 0.25) is 5.91 Å². The number of nitrogens with one attached hydrogen (secondary N) is 3. The number of halogens is 4. The molecule has 1 saturated carbocycles. The fourth-order valence-electron chi connectivity index (χ4n) is 5.78. The number of aromatic amines is 1. The van der Waals surface area contributed by atoms with Gasteiger partial charge in [-0.05, 0) is 61.9 Å². The number of benzene rings is 2. The average molecular weight is 610 g/mol. The Labute approximate surface area is 250 Å². The molecule has 4 aromatic rings. The third kappa shape index (κ3) is 5.69. The van der Waals surface area contributed by atoms with Crippen LogP contribution in [0.5, 0.6) is 0 Å². The first kappa shape index (κ1) is 28.7. The van der Waals surface area contributed by atoms with Gasteiger partial charge in [-0.3, -0.25) is 15.1 Å². The standard InChI is InChI=1S/C31H27ClF3N5O3/c1-14-28-19-5-4-18(38-31(42)43-2)12-24(19)39-25(41)11-17-9-16(17)10-21(30(37-14)40-28)23-8-3-15(13-36-23)26-20(29(34)35)6-7-22(32)27(26)33/h3-8,12-13,16-17,21,29H,9-11H2,1-2H3,(H,37,40)(H,38,42)(H,39,41). The quantitative estimate of drug-likeness (QED) is 0.218. The first-order valence-electron chi connectivity index (χ1n) is 13.7. The molecule has 2 aliphatic rings. The lowest BCUT2D eigenvalue weighted by Crippen LogP contribution is -2.15. The molecule has 8 nitrogen and oxygen atoms in total. The van der Waals surface area contributed by atoms with Crippen molar-refractivity contribution in [1.82, 2.24) is 15.0 Å². The number of anilines is 2. The number of H-pyrrole nitrogens is 1. The van der Waals surface area contributed by atoms with Crippen LogP contribution < -0.4 is 10.6 Å². The van der Waals surface area contributed by atoms with Crippen molar-refractivity contribution in [2.24, 2.45) is 11.8 Å². The number of hydrogen-bond donors (Lipinski definition) is 3. The monoisotopic (exact) mass is 609 g/mol. The summed E-state index contributed by atoms with van der Waals surface area (Å²) in [5, 5.41) is 5.35. The molecule has 3 heterocycles. The van der Waals surface area contributed by atoms with Gasteiger partial charge in [-0.2, -0.15) is 0 Å². The molecule has 2 amide bonds. The molecule has 3 atom stereocenters. The van der Waals surface area contributed by atoms with E-state index in [-0.39, 0.29) is 39.8 Å². The van der Waals surface area contributed by atoms with Crippen LogP contribution in [0.3, 0.4) is 0 Å². The van der Waals surface area contributed by atoms with E-state index in [2.05, 4.69) is 25.3 Å². The summed E-state index contributed by atoms with van der Waals surface area (Å²) in [5.41, 5.74) is 3.07.